The molecule has 4 aromatic carbocycles. The van der Waals surface area contributed by atoms with Crippen LogP contribution in [0.2, 0.25) is 0 Å². The van der Waals surface area contributed by atoms with E-state index in [9.17, 15) is 13.2 Å². The second kappa shape index (κ2) is 8.02. The van der Waals surface area contributed by atoms with Crippen molar-refractivity contribution in [2.24, 2.45) is 0 Å². The number of hydrogen-bond donors (Lipinski definition) is 0. The zero-order valence-electron chi connectivity index (χ0n) is 16.0. The van der Waals surface area contributed by atoms with Crippen LogP contribution in [-0.4, -0.2) is 0 Å². The molecule has 4 rings (SSSR count). The molecule has 0 aliphatic heterocycles. The summed E-state index contributed by atoms with van der Waals surface area (Å²) in [5.41, 5.74) is -0.263. The Morgan fingerprint density at radius 2 is 0.900 bits per heavy atom. The Labute approximate surface area is 182 Å². The standard InChI is InChI=1S/C25H19BrF3P/c26-30(19-10-4-1-5-11-19,20-12-6-2-7-13-20,21-14-8-3-9-15-21)18-22-23(27)16-17-24(28)25(22)29/h1-17H,18H2. The van der Waals surface area contributed by atoms with Gasteiger partial charge < -0.3 is 0 Å². The van der Waals surface area contributed by atoms with Crippen LogP contribution in [-0.2, 0) is 6.16 Å². The van der Waals surface area contributed by atoms with Crippen LogP contribution in [0.3, 0.4) is 0 Å². The monoisotopic (exact) mass is 486 g/mol. The average Bonchev–Trinajstić information content (AvgIpc) is 2.81. The molecule has 0 radical (unpaired) electrons. The summed E-state index contributed by atoms with van der Waals surface area (Å²) in [7, 11) is 0. The van der Waals surface area contributed by atoms with Crippen molar-refractivity contribution in [3.63, 3.8) is 0 Å². The van der Waals surface area contributed by atoms with Gasteiger partial charge >= 0.3 is 182 Å². The molecule has 0 saturated carbocycles. The summed E-state index contributed by atoms with van der Waals surface area (Å²) in [6.45, 7) is 0. The molecule has 0 aromatic heterocycles. The molecular weight excluding hydrogens is 468 g/mol. The Bertz CT molecular complexity index is 1070. The van der Waals surface area contributed by atoms with E-state index >= 15 is 0 Å². The van der Waals surface area contributed by atoms with Crippen LogP contribution >= 0.6 is 20.8 Å². The Morgan fingerprint density at radius 1 is 0.533 bits per heavy atom. The Hall–Kier alpha value is -2.42. The summed E-state index contributed by atoms with van der Waals surface area (Å²) >= 11 is 4.12. The third-order valence-electron chi connectivity index (χ3n) is 5.48. The van der Waals surface area contributed by atoms with Crippen molar-refractivity contribution in [3.05, 3.63) is 126 Å². The van der Waals surface area contributed by atoms with Gasteiger partial charge in [-0.3, -0.25) is 0 Å². The van der Waals surface area contributed by atoms with Crippen LogP contribution in [0.5, 0.6) is 0 Å². The fraction of sp³-hybridized carbons (Fsp3) is 0.0400. The molecule has 0 atom stereocenters. The summed E-state index contributed by atoms with van der Waals surface area (Å²) in [5.74, 6) is -2.96. The predicted molar refractivity (Wildman–Crippen MR) is 124 cm³/mol. The van der Waals surface area contributed by atoms with Gasteiger partial charge in [0, 0.05) is 0 Å². The zero-order chi connectivity index (χ0) is 21.2. The normalized spacial score (nSPS) is 12.9. The van der Waals surface area contributed by atoms with E-state index in [0.717, 1.165) is 28.0 Å². The molecule has 0 spiro atoms. The van der Waals surface area contributed by atoms with Crippen molar-refractivity contribution in [1.82, 2.24) is 0 Å². The SMILES string of the molecule is Fc1ccc(F)c(CP(Br)(c2ccccc2)(c2ccccc2)c2ccccc2)c1F. The first-order chi connectivity index (χ1) is 14.4. The van der Waals surface area contributed by atoms with Gasteiger partial charge in [-0.05, 0) is 0 Å². The van der Waals surface area contributed by atoms with E-state index in [1.807, 2.05) is 91.0 Å². The minimum absolute atomic E-state index is 0.0426. The van der Waals surface area contributed by atoms with Gasteiger partial charge in [-0.2, -0.15) is 0 Å². The maximum atomic E-state index is 14.9. The number of rotatable bonds is 5. The fourth-order valence-electron chi connectivity index (χ4n) is 3.95. The molecular formula is C25H19BrF3P. The van der Waals surface area contributed by atoms with E-state index in [0.29, 0.717) is 0 Å². The van der Waals surface area contributed by atoms with E-state index < -0.39 is 22.8 Å². The second-order valence-corrected chi connectivity index (χ2v) is 16.1. The van der Waals surface area contributed by atoms with Crippen LogP contribution < -0.4 is 15.9 Å². The predicted octanol–water partition coefficient (Wildman–Crippen LogP) is 6.44. The quantitative estimate of drug-likeness (QED) is 0.225. The zero-order valence-corrected chi connectivity index (χ0v) is 18.5. The molecule has 0 fully saturated rings. The molecule has 0 nitrogen and oxygen atoms in total. The Morgan fingerprint density at radius 3 is 1.30 bits per heavy atom. The summed E-state index contributed by atoms with van der Waals surface area (Å²) in [5, 5.41) is -0.885. The first kappa shape index (κ1) is 20.8. The van der Waals surface area contributed by atoms with Crippen molar-refractivity contribution in [1.29, 1.82) is 0 Å². The molecule has 0 heterocycles. The summed E-state index contributed by atoms with van der Waals surface area (Å²) in [6, 6.07) is 30.7. The van der Waals surface area contributed by atoms with Gasteiger partial charge in [0.25, 0.3) is 0 Å². The number of halogens is 4. The molecule has 4 aromatic rings. The molecule has 5 heteroatoms. The van der Waals surface area contributed by atoms with Crippen LogP contribution in [0.15, 0.2) is 103 Å². The topological polar surface area (TPSA) is 0 Å². The second-order valence-electron chi connectivity index (χ2n) is 7.17. The van der Waals surface area contributed by atoms with Crippen molar-refractivity contribution < 1.29 is 13.2 Å². The third-order valence-corrected chi connectivity index (χ3v) is 15.0. The van der Waals surface area contributed by atoms with Crippen molar-refractivity contribution >= 4 is 36.7 Å². The van der Waals surface area contributed by atoms with Crippen molar-refractivity contribution in [3.8, 4) is 0 Å². The van der Waals surface area contributed by atoms with E-state index in [1.165, 1.54) is 0 Å². The third kappa shape index (κ3) is 3.29. The molecule has 0 aliphatic carbocycles. The van der Waals surface area contributed by atoms with Crippen LogP contribution in [0.25, 0.3) is 0 Å². The van der Waals surface area contributed by atoms with Gasteiger partial charge in [0.1, 0.15) is 0 Å². The van der Waals surface area contributed by atoms with E-state index in [4.69, 9.17) is 0 Å². The summed E-state index contributed by atoms with van der Waals surface area (Å²) in [4.78, 5) is 0. The molecule has 0 saturated heterocycles. The minimum atomic E-state index is -3.60. The van der Waals surface area contributed by atoms with Crippen molar-refractivity contribution in [2.75, 3.05) is 0 Å². The van der Waals surface area contributed by atoms with Crippen LogP contribution in [0, 0.1) is 17.5 Å². The van der Waals surface area contributed by atoms with Gasteiger partial charge in [0.15, 0.2) is 0 Å². The molecule has 152 valence electrons. The van der Waals surface area contributed by atoms with Gasteiger partial charge in [-0.15, -0.1) is 0 Å². The first-order valence-corrected chi connectivity index (χ1v) is 13.9. The van der Waals surface area contributed by atoms with Crippen molar-refractivity contribution in [2.45, 2.75) is 6.16 Å². The van der Waals surface area contributed by atoms with Gasteiger partial charge in [0.05, 0.1) is 0 Å². The van der Waals surface area contributed by atoms with E-state index in [2.05, 4.69) is 15.5 Å². The average molecular weight is 487 g/mol. The number of benzene rings is 4. The van der Waals surface area contributed by atoms with Gasteiger partial charge in [0.2, 0.25) is 0 Å². The molecule has 0 N–H and O–H groups in total. The fourth-order valence-corrected chi connectivity index (χ4v) is 11.5. The van der Waals surface area contributed by atoms with Gasteiger partial charge in [-0.1, -0.05) is 0 Å². The molecule has 0 unspecified atom stereocenters. The van der Waals surface area contributed by atoms with Crippen LogP contribution in [0.4, 0.5) is 13.2 Å². The van der Waals surface area contributed by atoms with E-state index in [1.54, 1.807) is 0 Å². The Kier molecular flexibility index (Phi) is 5.57. The summed E-state index contributed by atoms with van der Waals surface area (Å²) < 4.78 is 43.9. The summed E-state index contributed by atoms with van der Waals surface area (Å²) in [6.07, 6.45) is -0.0426. The maximum absolute atomic E-state index is 14.9. The van der Waals surface area contributed by atoms with E-state index in [-0.39, 0.29) is 11.7 Å². The number of hydrogen-bond acceptors (Lipinski definition) is 0. The van der Waals surface area contributed by atoms with Crippen LogP contribution in [0.1, 0.15) is 5.56 Å². The molecule has 0 amide bonds. The molecule has 0 aliphatic rings. The molecule has 0 bridgehead atoms. The molecule has 30 heavy (non-hydrogen) atoms. The van der Waals surface area contributed by atoms with Gasteiger partial charge in [-0.25, -0.2) is 0 Å². The Balaban J connectivity index is 2.14. The first-order valence-electron chi connectivity index (χ1n) is 9.47.